The van der Waals surface area contributed by atoms with Crippen molar-refractivity contribution in [3.63, 3.8) is 0 Å². The molecule has 106 valence electrons. The molecule has 0 spiro atoms. The molecule has 0 radical (unpaired) electrons. The highest BCUT2D eigenvalue weighted by Gasteiger charge is 2.38. The van der Waals surface area contributed by atoms with E-state index in [1.807, 2.05) is 0 Å². The summed E-state index contributed by atoms with van der Waals surface area (Å²) < 4.78 is 36.7. The van der Waals surface area contributed by atoms with E-state index in [4.69, 9.17) is 19.4 Å². The molecule has 1 fully saturated rings. The van der Waals surface area contributed by atoms with Crippen LogP contribution in [0.3, 0.4) is 0 Å². The summed E-state index contributed by atoms with van der Waals surface area (Å²) in [7, 11) is 0. The summed E-state index contributed by atoms with van der Waals surface area (Å²) in [5, 5.41) is 18.8. The van der Waals surface area contributed by atoms with Crippen molar-refractivity contribution in [1.29, 1.82) is 0 Å². The van der Waals surface area contributed by atoms with E-state index in [2.05, 4.69) is 10.3 Å². The molecule has 1 saturated heterocycles. The predicted octanol–water partition coefficient (Wildman–Crippen LogP) is 0.693. The van der Waals surface area contributed by atoms with Crippen LogP contribution in [0.25, 0.3) is 0 Å². The number of oxazole rings is 1. The molecule has 2 rings (SSSR count). The van der Waals surface area contributed by atoms with Gasteiger partial charge >= 0.3 is 18.1 Å². The molecule has 2 heterocycles. The maximum Gasteiger partial charge on any atom is 0.490 e. The molecular weight excluding hydrogens is 273 g/mol. The topological polar surface area (TPSA) is 113 Å². The third-order valence-electron chi connectivity index (χ3n) is 2.19. The normalized spacial score (nSPS) is 15.1. The minimum atomic E-state index is -5.08. The van der Waals surface area contributed by atoms with Gasteiger partial charge in [-0.1, -0.05) is 0 Å². The minimum Gasteiger partial charge on any atom is -0.476 e. The summed E-state index contributed by atoms with van der Waals surface area (Å²) in [4.78, 5) is 23.1. The molecule has 0 amide bonds. The summed E-state index contributed by atoms with van der Waals surface area (Å²) >= 11 is 0. The summed E-state index contributed by atoms with van der Waals surface area (Å²) in [6, 6.07) is 0. The number of aromatic carboxylic acids is 1. The van der Waals surface area contributed by atoms with Gasteiger partial charge in [-0.2, -0.15) is 13.2 Å². The molecule has 0 bridgehead atoms. The number of halogens is 3. The van der Waals surface area contributed by atoms with E-state index in [1.165, 1.54) is 6.39 Å². The van der Waals surface area contributed by atoms with E-state index in [0.29, 0.717) is 5.76 Å². The van der Waals surface area contributed by atoms with Crippen molar-refractivity contribution in [1.82, 2.24) is 10.3 Å². The average Bonchev–Trinajstić information content (AvgIpc) is 2.63. The van der Waals surface area contributed by atoms with Gasteiger partial charge in [0.15, 0.2) is 12.1 Å². The van der Waals surface area contributed by atoms with Gasteiger partial charge in [-0.15, -0.1) is 0 Å². The fourth-order valence-corrected chi connectivity index (χ4v) is 1.18. The van der Waals surface area contributed by atoms with Crippen molar-refractivity contribution >= 4 is 11.9 Å². The number of aromatic nitrogens is 1. The van der Waals surface area contributed by atoms with Gasteiger partial charge in [-0.25, -0.2) is 14.6 Å². The largest absolute Gasteiger partial charge is 0.490 e. The standard InChI is InChI=1S/C7H8N2O3.C2HF3O2/c10-7(11)5-6(12-3-9-5)4-1-8-2-4;3-2(4,5)1(6)7/h3-4,8H,1-2H2,(H,10,11);(H,6,7). The molecule has 0 atom stereocenters. The fraction of sp³-hybridized carbons (Fsp3) is 0.444. The molecule has 3 N–H and O–H groups in total. The summed E-state index contributed by atoms with van der Waals surface area (Å²) in [6.45, 7) is 1.55. The number of rotatable bonds is 2. The Morgan fingerprint density at radius 2 is 1.89 bits per heavy atom. The second kappa shape index (κ2) is 5.69. The molecule has 1 aliphatic heterocycles. The van der Waals surface area contributed by atoms with Crippen LogP contribution in [0.2, 0.25) is 0 Å². The number of aliphatic carboxylic acids is 1. The number of nitrogens with zero attached hydrogens (tertiary/aromatic N) is 1. The van der Waals surface area contributed by atoms with Gasteiger partial charge in [-0.05, 0) is 0 Å². The second-order valence-electron chi connectivity index (χ2n) is 3.53. The smallest absolute Gasteiger partial charge is 0.476 e. The number of carboxylic acid groups (broad SMARTS) is 2. The molecule has 10 heteroatoms. The van der Waals surface area contributed by atoms with E-state index >= 15 is 0 Å². The van der Waals surface area contributed by atoms with Crippen molar-refractivity contribution in [2.24, 2.45) is 0 Å². The molecule has 0 saturated carbocycles. The molecule has 7 nitrogen and oxygen atoms in total. The summed E-state index contributed by atoms with van der Waals surface area (Å²) in [6.07, 6.45) is -3.91. The number of nitrogens with one attached hydrogen (secondary N) is 1. The van der Waals surface area contributed by atoms with Gasteiger partial charge < -0.3 is 19.9 Å². The summed E-state index contributed by atoms with van der Waals surface area (Å²) in [5.74, 6) is -3.11. The van der Waals surface area contributed by atoms with Crippen LogP contribution >= 0.6 is 0 Å². The van der Waals surface area contributed by atoms with E-state index in [-0.39, 0.29) is 11.6 Å². The Balaban J connectivity index is 0.000000224. The molecular formula is C9H9F3N2O5. The van der Waals surface area contributed by atoms with Crippen LogP contribution in [0.1, 0.15) is 22.2 Å². The Morgan fingerprint density at radius 3 is 2.21 bits per heavy atom. The highest BCUT2D eigenvalue weighted by molar-refractivity contribution is 5.86. The highest BCUT2D eigenvalue weighted by Crippen LogP contribution is 2.22. The van der Waals surface area contributed by atoms with E-state index in [9.17, 15) is 18.0 Å². The fourth-order valence-electron chi connectivity index (χ4n) is 1.18. The number of alkyl halides is 3. The zero-order valence-corrected chi connectivity index (χ0v) is 9.27. The SMILES string of the molecule is O=C(O)C(F)(F)F.O=C(O)c1ncoc1C1CNC1. The van der Waals surface area contributed by atoms with Crippen LogP contribution in [0.5, 0.6) is 0 Å². The third kappa shape index (κ3) is 3.95. The Kier molecular flexibility index (Phi) is 4.48. The van der Waals surface area contributed by atoms with Crippen molar-refractivity contribution < 1.29 is 37.4 Å². The maximum absolute atomic E-state index is 10.6. The van der Waals surface area contributed by atoms with Gasteiger partial charge in [0.1, 0.15) is 5.76 Å². The van der Waals surface area contributed by atoms with Gasteiger partial charge in [0, 0.05) is 19.0 Å². The first-order chi connectivity index (χ1) is 8.73. The molecule has 1 aliphatic rings. The first kappa shape index (κ1) is 15.0. The zero-order valence-electron chi connectivity index (χ0n) is 9.27. The molecule has 1 aromatic rings. The second-order valence-corrected chi connectivity index (χ2v) is 3.53. The van der Waals surface area contributed by atoms with Crippen molar-refractivity contribution in [2.75, 3.05) is 13.1 Å². The van der Waals surface area contributed by atoms with Crippen LogP contribution in [0.15, 0.2) is 10.8 Å². The average molecular weight is 282 g/mol. The van der Waals surface area contributed by atoms with Crippen molar-refractivity contribution in [2.45, 2.75) is 12.1 Å². The number of carbonyl (C=O) groups is 2. The summed E-state index contributed by atoms with van der Waals surface area (Å²) in [5.41, 5.74) is 0.0431. The number of hydrogen-bond acceptors (Lipinski definition) is 5. The molecule has 0 aromatic carbocycles. The van der Waals surface area contributed by atoms with Crippen LogP contribution in [-0.4, -0.2) is 46.4 Å². The predicted molar refractivity (Wildman–Crippen MR) is 52.8 cm³/mol. The van der Waals surface area contributed by atoms with Crippen LogP contribution in [0.4, 0.5) is 13.2 Å². The number of carboxylic acids is 2. The minimum absolute atomic E-state index is 0.0431. The van der Waals surface area contributed by atoms with E-state index in [0.717, 1.165) is 13.1 Å². The van der Waals surface area contributed by atoms with Gasteiger partial charge in [0.05, 0.1) is 0 Å². The molecule has 19 heavy (non-hydrogen) atoms. The molecule has 0 aliphatic carbocycles. The quantitative estimate of drug-likeness (QED) is 0.731. The first-order valence-electron chi connectivity index (χ1n) is 4.91. The Hall–Kier alpha value is -2.10. The Labute approximate surface area is 104 Å². The van der Waals surface area contributed by atoms with Crippen LogP contribution in [0, 0.1) is 0 Å². The van der Waals surface area contributed by atoms with E-state index in [1.54, 1.807) is 0 Å². The molecule has 1 aromatic heterocycles. The monoisotopic (exact) mass is 282 g/mol. The molecule has 0 unspecified atom stereocenters. The maximum atomic E-state index is 10.6. The van der Waals surface area contributed by atoms with Crippen LogP contribution in [-0.2, 0) is 4.79 Å². The van der Waals surface area contributed by atoms with E-state index < -0.39 is 18.1 Å². The van der Waals surface area contributed by atoms with Crippen LogP contribution < -0.4 is 5.32 Å². The lowest BCUT2D eigenvalue weighted by atomic mass is 9.99. The third-order valence-corrected chi connectivity index (χ3v) is 2.19. The van der Waals surface area contributed by atoms with Crippen molar-refractivity contribution in [3.05, 3.63) is 17.8 Å². The van der Waals surface area contributed by atoms with Gasteiger partial charge in [0.2, 0.25) is 0 Å². The Bertz CT molecular complexity index is 467. The highest BCUT2D eigenvalue weighted by atomic mass is 19.4. The lowest BCUT2D eigenvalue weighted by Crippen LogP contribution is -2.40. The van der Waals surface area contributed by atoms with Crippen molar-refractivity contribution in [3.8, 4) is 0 Å². The van der Waals surface area contributed by atoms with Gasteiger partial charge in [-0.3, -0.25) is 0 Å². The lowest BCUT2D eigenvalue weighted by Gasteiger charge is -2.24. The Morgan fingerprint density at radius 1 is 1.37 bits per heavy atom. The van der Waals surface area contributed by atoms with Gasteiger partial charge in [0.25, 0.3) is 0 Å². The first-order valence-corrected chi connectivity index (χ1v) is 4.91. The lowest BCUT2D eigenvalue weighted by molar-refractivity contribution is -0.192. The number of hydrogen-bond donors (Lipinski definition) is 3. The zero-order chi connectivity index (χ0) is 14.6.